The van der Waals surface area contributed by atoms with Gasteiger partial charge in [0.2, 0.25) is 6.10 Å². The molecule has 0 N–H and O–H groups in total. The van der Waals surface area contributed by atoms with E-state index in [1.165, 1.54) is 0 Å². The molecule has 1 heterocycles. The Kier molecular flexibility index (Phi) is 3.64. The predicted molar refractivity (Wildman–Crippen MR) is 75.0 cm³/mol. The first-order valence-corrected chi connectivity index (χ1v) is 6.50. The van der Waals surface area contributed by atoms with Gasteiger partial charge in [0, 0.05) is 0 Å². The maximum Gasteiger partial charge on any atom is 0.356 e. The van der Waals surface area contributed by atoms with Crippen LogP contribution < -0.4 is 18.9 Å². The molecule has 2 aromatic carbocycles. The predicted octanol–water partition coefficient (Wildman–Crippen LogP) is 2.44. The molecule has 0 aliphatic carbocycles. The van der Waals surface area contributed by atoms with E-state index in [1.807, 2.05) is 12.1 Å². The minimum atomic E-state index is -0.776. The zero-order chi connectivity index (χ0) is 14.7. The van der Waals surface area contributed by atoms with Crippen molar-refractivity contribution in [3.8, 4) is 23.0 Å². The molecule has 1 aliphatic heterocycles. The Labute approximate surface area is 122 Å². The van der Waals surface area contributed by atoms with Crippen LogP contribution in [0.4, 0.5) is 0 Å². The Balaban J connectivity index is 1.66. The van der Waals surface area contributed by atoms with Crippen LogP contribution in [-0.4, -0.2) is 25.8 Å². The van der Waals surface area contributed by atoms with Gasteiger partial charge in [0.05, 0.1) is 7.11 Å². The highest BCUT2D eigenvalue weighted by Gasteiger charge is 2.29. The number of para-hydroxylation sites is 2. The lowest BCUT2D eigenvalue weighted by atomic mass is 10.2. The van der Waals surface area contributed by atoms with Gasteiger partial charge in [-0.1, -0.05) is 12.1 Å². The van der Waals surface area contributed by atoms with Crippen LogP contribution in [-0.2, 0) is 4.79 Å². The molecule has 3 rings (SSSR count). The van der Waals surface area contributed by atoms with Crippen molar-refractivity contribution in [2.24, 2.45) is 0 Å². The van der Waals surface area contributed by atoms with E-state index in [1.54, 1.807) is 43.5 Å². The van der Waals surface area contributed by atoms with Crippen molar-refractivity contribution in [2.45, 2.75) is 6.10 Å². The molecule has 1 aliphatic rings. The Morgan fingerprint density at radius 1 is 1.05 bits per heavy atom. The number of carbonyl (C=O) groups excluding carboxylic acids is 1. The first kappa shape index (κ1) is 13.3. The van der Waals surface area contributed by atoms with Crippen molar-refractivity contribution >= 4 is 5.97 Å². The Hall–Kier alpha value is -2.69. The molecule has 108 valence electrons. The van der Waals surface area contributed by atoms with E-state index in [4.69, 9.17) is 18.9 Å². The van der Waals surface area contributed by atoms with Gasteiger partial charge in [-0.2, -0.15) is 0 Å². The van der Waals surface area contributed by atoms with E-state index in [-0.39, 0.29) is 6.61 Å². The zero-order valence-electron chi connectivity index (χ0n) is 11.4. The highest BCUT2D eigenvalue weighted by atomic mass is 16.6. The Morgan fingerprint density at radius 2 is 1.71 bits per heavy atom. The van der Waals surface area contributed by atoms with Crippen LogP contribution in [0, 0.1) is 0 Å². The molecule has 0 saturated heterocycles. The van der Waals surface area contributed by atoms with Crippen LogP contribution in [0.1, 0.15) is 0 Å². The molecular formula is C16H14O5. The van der Waals surface area contributed by atoms with E-state index >= 15 is 0 Å². The standard InChI is InChI=1S/C16H14O5/c1-18-11-6-8-12(9-7-11)20-16(17)15-10-19-13-4-2-3-5-14(13)21-15/h2-9,15H,10H2,1H3/t15-/m1/s1. The fraction of sp³-hybridized carbons (Fsp3) is 0.188. The van der Waals surface area contributed by atoms with Gasteiger partial charge in [-0.15, -0.1) is 0 Å². The summed E-state index contributed by atoms with van der Waals surface area (Å²) in [5.41, 5.74) is 0. The van der Waals surface area contributed by atoms with Crippen molar-refractivity contribution in [3.05, 3.63) is 48.5 Å². The van der Waals surface area contributed by atoms with E-state index in [0.29, 0.717) is 23.0 Å². The average molecular weight is 286 g/mol. The van der Waals surface area contributed by atoms with Gasteiger partial charge in [-0.05, 0) is 36.4 Å². The molecule has 5 nitrogen and oxygen atoms in total. The van der Waals surface area contributed by atoms with Gasteiger partial charge in [-0.25, -0.2) is 4.79 Å². The van der Waals surface area contributed by atoms with Gasteiger partial charge in [0.25, 0.3) is 0 Å². The van der Waals surface area contributed by atoms with Gasteiger partial charge in [0.1, 0.15) is 18.1 Å². The molecule has 0 bridgehead atoms. The van der Waals surface area contributed by atoms with Crippen molar-refractivity contribution in [2.75, 3.05) is 13.7 Å². The van der Waals surface area contributed by atoms with E-state index in [0.717, 1.165) is 0 Å². The highest BCUT2D eigenvalue weighted by molar-refractivity contribution is 5.78. The molecule has 0 spiro atoms. The quantitative estimate of drug-likeness (QED) is 0.641. The number of ether oxygens (including phenoxy) is 4. The largest absolute Gasteiger partial charge is 0.497 e. The molecule has 1 atom stereocenters. The minimum Gasteiger partial charge on any atom is -0.497 e. The summed E-state index contributed by atoms with van der Waals surface area (Å²) in [5.74, 6) is 1.81. The van der Waals surface area contributed by atoms with Gasteiger partial charge >= 0.3 is 5.97 Å². The number of benzene rings is 2. The van der Waals surface area contributed by atoms with E-state index in [2.05, 4.69) is 0 Å². The summed E-state index contributed by atoms with van der Waals surface area (Å²) in [6, 6.07) is 14.0. The lowest BCUT2D eigenvalue weighted by molar-refractivity contribution is -0.144. The number of hydrogen-bond acceptors (Lipinski definition) is 5. The molecule has 0 radical (unpaired) electrons. The summed E-state index contributed by atoms with van der Waals surface area (Å²) in [4.78, 5) is 12.1. The molecule has 21 heavy (non-hydrogen) atoms. The van der Waals surface area contributed by atoms with E-state index < -0.39 is 12.1 Å². The molecule has 0 aromatic heterocycles. The molecular weight excluding hydrogens is 272 g/mol. The monoisotopic (exact) mass is 286 g/mol. The van der Waals surface area contributed by atoms with Crippen LogP contribution >= 0.6 is 0 Å². The lowest BCUT2D eigenvalue weighted by Crippen LogP contribution is -2.39. The van der Waals surface area contributed by atoms with Gasteiger partial charge in [-0.3, -0.25) is 0 Å². The SMILES string of the molecule is COc1ccc(OC(=O)[C@H]2COc3ccccc3O2)cc1. The molecule has 2 aromatic rings. The zero-order valence-corrected chi connectivity index (χ0v) is 11.4. The average Bonchev–Trinajstić information content (AvgIpc) is 2.55. The topological polar surface area (TPSA) is 54.0 Å². The molecule has 0 amide bonds. The summed E-state index contributed by atoms with van der Waals surface area (Å²) < 4.78 is 21.4. The molecule has 0 saturated carbocycles. The first-order valence-electron chi connectivity index (χ1n) is 6.50. The number of carbonyl (C=O) groups is 1. The van der Waals surface area contributed by atoms with Crippen LogP contribution in [0.3, 0.4) is 0 Å². The van der Waals surface area contributed by atoms with Crippen LogP contribution in [0.15, 0.2) is 48.5 Å². The fourth-order valence-corrected chi connectivity index (χ4v) is 1.96. The third kappa shape index (κ3) is 2.91. The summed E-state index contributed by atoms with van der Waals surface area (Å²) in [6.07, 6.45) is -0.776. The number of esters is 1. The third-order valence-corrected chi connectivity index (χ3v) is 3.05. The van der Waals surface area contributed by atoms with Crippen molar-refractivity contribution in [1.29, 1.82) is 0 Å². The number of hydrogen-bond donors (Lipinski definition) is 0. The second kappa shape index (κ2) is 5.75. The Morgan fingerprint density at radius 3 is 2.43 bits per heavy atom. The Bertz CT molecular complexity index is 635. The summed E-state index contributed by atoms with van der Waals surface area (Å²) in [6.45, 7) is 0.131. The smallest absolute Gasteiger partial charge is 0.356 e. The van der Waals surface area contributed by atoms with Crippen molar-refractivity contribution in [1.82, 2.24) is 0 Å². The fourth-order valence-electron chi connectivity index (χ4n) is 1.96. The maximum atomic E-state index is 12.1. The summed E-state index contributed by atoms with van der Waals surface area (Å²) >= 11 is 0. The van der Waals surface area contributed by atoms with Crippen LogP contribution in [0.2, 0.25) is 0 Å². The molecule has 5 heteroatoms. The minimum absolute atomic E-state index is 0.131. The van der Waals surface area contributed by atoms with Crippen LogP contribution in [0.5, 0.6) is 23.0 Å². The van der Waals surface area contributed by atoms with Crippen molar-refractivity contribution < 1.29 is 23.7 Å². The summed E-state index contributed by atoms with van der Waals surface area (Å²) in [5, 5.41) is 0. The first-order chi connectivity index (χ1) is 10.3. The van der Waals surface area contributed by atoms with Gasteiger partial charge in [0.15, 0.2) is 11.5 Å². The van der Waals surface area contributed by atoms with Crippen LogP contribution in [0.25, 0.3) is 0 Å². The third-order valence-electron chi connectivity index (χ3n) is 3.05. The normalized spacial score (nSPS) is 16.1. The molecule has 0 unspecified atom stereocenters. The van der Waals surface area contributed by atoms with E-state index in [9.17, 15) is 4.79 Å². The highest BCUT2D eigenvalue weighted by Crippen LogP contribution is 2.31. The van der Waals surface area contributed by atoms with Crippen molar-refractivity contribution in [3.63, 3.8) is 0 Å². The molecule has 0 fully saturated rings. The maximum absolute atomic E-state index is 12.1. The number of methoxy groups -OCH3 is 1. The van der Waals surface area contributed by atoms with Gasteiger partial charge < -0.3 is 18.9 Å². The number of fused-ring (bicyclic) bond motifs is 1. The second-order valence-corrected chi connectivity index (χ2v) is 4.46. The summed E-state index contributed by atoms with van der Waals surface area (Å²) in [7, 11) is 1.58. The lowest BCUT2D eigenvalue weighted by Gasteiger charge is -2.24. The second-order valence-electron chi connectivity index (χ2n) is 4.46. The number of rotatable bonds is 3.